The number of hydrogen-bond donors (Lipinski definition) is 2. The first kappa shape index (κ1) is 22.5. The molecule has 5 nitrogen and oxygen atoms in total. The summed E-state index contributed by atoms with van der Waals surface area (Å²) in [6.45, 7) is 10.5. The molecule has 2 N–H and O–H groups in total. The summed E-state index contributed by atoms with van der Waals surface area (Å²) < 4.78 is 12.0. The Balaban J connectivity index is 1.29. The van der Waals surface area contributed by atoms with Gasteiger partial charge in [-0.25, -0.2) is 0 Å². The fourth-order valence-corrected chi connectivity index (χ4v) is 9.29. The Bertz CT molecular complexity index is 956. The van der Waals surface area contributed by atoms with E-state index in [0.29, 0.717) is 24.2 Å². The van der Waals surface area contributed by atoms with Gasteiger partial charge in [0.1, 0.15) is 11.2 Å². The maximum Gasteiger partial charge on any atom is 0.186 e. The van der Waals surface area contributed by atoms with Crippen molar-refractivity contribution in [1.29, 1.82) is 0 Å². The van der Waals surface area contributed by atoms with E-state index in [0.717, 1.165) is 38.5 Å². The van der Waals surface area contributed by atoms with Crippen molar-refractivity contribution >= 4 is 5.78 Å². The van der Waals surface area contributed by atoms with Crippen molar-refractivity contribution in [3.63, 3.8) is 0 Å². The van der Waals surface area contributed by atoms with Crippen LogP contribution in [0.1, 0.15) is 79.6 Å². The molecule has 0 spiro atoms. The zero-order chi connectivity index (χ0) is 23.6. The van der Waals surface area contributed by atoms with Crippen molar-refractivity contribution in [1.82, 2.24) is 0 Å². The number of ether oxygens (including phenoxy) is 2. The minimum absolute atomic E-state index is 0.103. The standard InChI is InChI=1S/C28H40O5/c1-16(21-15-25(3)27(5,33-25)23(30)32-21)28(31)14-12-19-18-10-9-17-7-6-8-22(29)26(17,4)20(18)11-13-24(19,28)2/h6,8-9,16,18-21,23,30-31H,7,10-15H2,1-5H3/t16-,18+,19+,20+,21-,23-,24+,25+,26+,27-,28+/m1/s1. The van der Waals surface area contributed by atoms with Gasteiger partial charge in [-0.1, -0.05) is 31.6 Å². The quantitative estimate of drug-likeness (QED) is 0.478. The van der Waals surface area contributed by atoms with Crippen LogP contribution in [0.5, 0.6) is 0 Å². The molecule has 2 saturated carbocycles. The van der Waals surface area contributed by atoms with E-state index in [4.69, 9.17) is 9.47 Å². The molecule has 33 heavy (non-hydrogen) atoms. The molecule has 0 aromatic rings. The molecule has 2 saturated heterocycles. The number of rotatable bonds is 2. The monoisotopic (exact) mass is 456 g/mol. The molecule has 0 unspecified atom stereocenters. The summed E-state index contributed by atoms with van der Waals surface area (Å²) in [4.78, 5) is 13.1. The molecule has 4 fully saturated rings. The average molecular weight is 457 g/mol. The van der Waals surface area contributed by atoms with Crippen LogP contribution >= 0.6 is 0 Å². The Morgan fingerprint density at radius 3 is 2.58 bits per heavy atom. The molecule has 11 atom stereocenters. The van der Waals surface area contributed by atoms with Gasteiger partial charge in [0.2, 0.25) is 0 Å². The SMILES string of the molecule is C[C@H]([C@H]1C[C@]2(C)O[C@]2(C)[C@H](O)O1)[C@@]1(O)CC[C@H]2[C@@H]3CC=C4CC=CC(=O)[C@]4(C)[C@H]3CC[C@@]21C. The second-order valence-electron chi connectivity index (χ2n) is 12.9. The highest BCUT2D eigenvalue weighted by atomic mass is 16.7. The van der Waals surface area contributed by atoms with E-state index in [-0.39, 0.29) is 34.2 Å². The molecule has 0 radical (unpaired) electrons. The van der Waals surface area contributed by atoms with E-state index in [1.807, 2.05) is 13.0 Å². The van der Waals surface area contributed by atoms with Gasteiger partial charge in [-0.2, -0.15) is 0 Å². The van der Waals surface area contributed by atoms with Gasteiger partial charge in [-0.3, -0.25) is 4.79 Å². The molecule has 0 bridgehead atoms. The second-order valence-corrected chi connectivity index (χ2v) is 12.9. The first-order valence-electron chi connectivity index (χ1n) is 13.1. The van der Waals surface area contributed by atoms with Crippen LogP contribution in [-0.4, -0.2) is 45.2 Å². The average Bonchev–Trinajstić information content (AvgIpc) is 3.24. The molecular formula is C28H40O5. The highest BCUT2D eigenvalue weighted by molar-refractivity contribution is 5.98. The molecular weight excluding hydrogens is 416 g/mol. The van der Waals surface area contributed by atoms with E-state index in [1.54, 1.807) is 6.08 Å². The lowest BCUT2D eigenvalue weighted by Gasteiger charge is -2.58. The lowest BCUT2D eigenvalue weighted by molar-refractivity contribution is -0.231. The van der Waals surface area contributed by atoms with E-state index in [9.17, 15) is 15.0 Å². The Hall–Kier alpha value is -1.01. The molecule has 2 aliphatic heterocycles. The van der Waals surface area contributed by atoms with E-state index >= 15 is 0 Å². The summed E-state index contributed by atoms with van der Waals surface area (Å²) in [5.74, 6) is 1.35. The van der Waals surface area contributed by atoms with Gasteiger partial charge in [0.05, 0.1) is 17.1 Å². The molecule has 0 aromatic heterocycles. The second kappa shape index (κ2) is 6.60. The summed E-state index contributed by atoms with van der Waals surface area (Å²) in [7, 11) is 0. The number of allylic oxidation sites excluding steroid dienone is 4. The van der Waals surface area contributed by atoms with Crippen molar-refractivity contribution in [2.24, 2.45) is 34.5 Å². The summed E-state index contributed by atoms with van der Waals surface area (Å²) in [6, 6.07) is 0. The highest BCUT2D eigenvalue weighted by Gasteiger charge is 2.73. The van der Waals surface area contributed by atoms with Crippen molar-refractivity contribution in [2.75, 3.05) is 0 Å². The number of hydrogen-bond acceptors (Lipinski definition) is 5. The van der Waals surface area contributed by atoms with E-state index in [1.165, 1.54) is 5.57 Å². The molecule has 182 valence electrons. The van der Waals surface area contributed by atoms with Crippen LogP contribution < -0.4 is 0 Å². The number of carbonyl (C=O) groups is 1. The molecule has 6 rings (SSSR count). The minimum Gasteiger partial charge on any atom is -0.389 e. The predicted molar refractivity (Wildman–Crippen MR) is 124 cm³/mol. The third-order valence-corrected chi connectivity index (χ3v) is 11.9. The van der Waals surface area contributed by atoms with E-state index in [2.05, 4.69) is 33.8 Å². The fourth-order valence-electron chi connectivity index (χ4n) is 9.29. The van der Waals surface area contributed by atoms with Crippen LogP contribution in [0.2, 0.25) is 0 Å². The molecule has 5 heteroatoms. The Kier molecular flexibility index (Phi) is 4.49. The van der Waals surface area contributed by atoms with Gasteiger partial charge in [0.25, 0.3) is 0 Å². The zero-order valence-corrected chi connectivity index (χ0v) is 20.8. The van der Waals surface area contributed by atoms with Crippen molar-refractivity contribution in [2.45, 2.75) is 109 Å². The van der Waals surface area contributed by atoms with Gasteiger partial charge in [-0.05, 0) is 88.5 Å². The summed E-state index contributed by atoms with van der Waals surface area (Å²) in [5, 5.41) is 23.0. The van der Waals surface area contributed by atoms with Crippen molar-refractivity contribution in [3.05, 3.63) is 23.8 Å². The summed E-state index contributed by atoms with van der Waals surface area (Å²) in [6.07, 6.45) is 11.2. The van der Waals surface area contributed by atoms with E-state index < -0.39 is 17.5 Å². The number of aliphatic hydroxyl groups excluding tert-OH is 1. The maximum atomic E-state index is 13.1. The Morgan fingerprint density at radius 1 is 1.12 bits per heavy atom. The normalized spacial score (nSPS) is 58.0. The highest BCUT2D eigenvalue weighted by Crippen LogP contribution is 2.68. The van der Waals surface area contributed by atoms with Crippen LogP contribution in [0, 0.1) is 34.5 Å². The van der Waals surface area contributed by atoms with Gasteiger partial charge in [0, 0.05) is 12.3 Å². The van der Waals surface area contributed by atoms with Gasteiger partial charge in [0.15, 0.2) is 12.1 Å². The van der Waals surface area contributed by atoms with Crippen LogP contribution in [0.3, 0.4) is 0 Å². The predicted octanol–water partition coefficient (Wildman–Crippen LogP) is 4.32. The largest absolute Gasteiger partial charge is 0.389 e. The molecule has 4 aliphatic carbocycles. The van der Waals surface area contributed by atoms with Crippen LogP contribution in [0.25, 0.3) is 0 Å². The molecule has 0 amide bonds. The minimum atomic E-state index is -0.958. The van der Waals surface area contributed by atoms with Gasteiger partial charge in [-0.15, -0.1) is 0 Å². The number of ketones is 1. The number of aliphatic hydroxyl groups is 2. The fraction of sp³-hybridized carbons (Fsp3) is 0.821. The van der Waals surface area contributed by atoms with Crippen molar-refractivity contribution in [3.8, 4) is 0 Å². The van der Waals surface area contributed by atoms with Gasteiger partial charge < -0.3 is 19.7 Å². The molecule has 0 aromatic carbocycles. The first-order valence-corrected chi connectivity index (χ1v) is 13.1. The molecule has 6 aliphatic rings. The zero-order valence-electron chi connectivity index (χ0n) is 20.8. The lowest BCUT2D eigenvalue weighted by Crippen LogP contribution is -2.60. The van der Waals surface area contributed by atoms with Crippen LogP contribution in [0.15, 0.2) is 23.8 Å². The Morgan fingerprint density at radius 2 is 1.85 bits per heavy atom. The van der Waals surface area contributed by atoms with Gasteiger partial charge >= 0.3 is 0 Å². The van der Waals surface area contributed by atoms with Crippen LogP contribution in [-0.2, 0) is 14.3 Å². The maximum absolute atomic E-state index is 13.1. The number of carbonyl (C=O) groups excluding carboxylic acids is 1. The Labute approximate surface area is 197 Å². The smallest absolute Gasteiger partial charge is 0.186 e. The van der Waals surface area contributed by atoms with Crippen LogP contribution in [0.4, 0.5) is 0 Å². The summed E-state index contributed by atoms with van der Waals surface area (Å²) >= 11 is 0. The summed E-state index contributed by atoms with van der Waals surface area (Å²) in [5.41, 5.74) is -1.15. The lowest BCUT2D eigenvalue weighted by atomic mass is 9.46. The number of fused-ring (bicyclic) bond motifs is 6. The van der Waals surface area contributed by atoms with Crippen molar-refractivity contribution < 1.29 is 24.5 Å². The number of epoxide rings is 1. The molecule has 2 heterocycles. The topological polar surface area (TPSA) is 79.3 Å². The third kappa shape index (κ3) is 2.55. The first-order chi connectivity index (χ1) is 15.4. The third-order valence-electron chi connectivity index (χ3n) is 11.9.